The number of aliphatic hydroxyl groups is 1. The molecule has 6 unspecified atom stereocenters. The van der Waals surface area contributed by atoms with Gasteiger partial charge in [0.25, 0.3) is 0 Å². The highest BCUT2D eigenvalue weighted by Gasteiger charge is 2.57. The second-order valence-electron chi connectivity index (χ2n) is 11.1. The average Bonchev–Trinajstić information content (AvgIpc) is 3.00. The molecule has 0 aliphatic heterocycles. The van der Waals surface area contributed by atoms with Gasteiger partial charge in [-0.3, -0.25) is 0 Å². The van der Waals surface area contributed by atoms with Crippen molar-refractivity contribution >= 4 is 0 Å². The quantitative estimate of drug-likeness (QED) is 0.461. The van der Waals surface area contributed by atoms with Gasteiger partial charge in [0.2, 0.25) is 0 Å². The zero-order valence-electron chi connectivity index (χ0n) is 18.7. The van der Waals surface area contributed by atoms with Gasteiger partial charge in [-0.25, -0.2) is 0 Å². The number of allylic oxidation sites excluding steroid dienone is 1. The molecule has 0 radical (unpaired) electrons. The first kappa shape index (κ1) is 21.4. The molecule has 3 saturated carbocycles. The minimum atomic E-state index is -0.0416. The normalized spacial score (nSPS) is 46.0. The Kier molecular flexibility index (Phi) is 6.82. The fourth-order valence-electron chi connectivity index (χ4n) is 8.01. The summed E-state index contributed by atoms with van der Waals surface area (Å²) in [5, 5.41) is 10.1. The van der Waals surface area contributed by atoms with E-state index in [0.29, 0.717) is 10.8 Å². The molecule has 0 spiro atoms. The van der Waals surface area contributed by atoms with E-state index in [-0.39, 0.29) is 6.10 Å². The molecule has 6 atom stereocenters. The third-order valence-electron chi connectivity index (χ3n) is 9.64. The number of aliphatic hydroxyl groups excluding tert-OH is 1. The first-order chi connectivity index (χ1) is 12.9. The first-order valence-corrected chi connectivity index (χ1v) is 12.1. The molecule has 27 heavy (non-hydrogen) atoms. The zero-order chi connectivity index (χ0) is 19.7. The van der Waals surface area contributed by atoms with E-state index >= 15 is 0 Å². The first-order valence-electron chi connectivity index (χ1n) is 12.1. The van der Waals surface area contributed by atoms with Crippen molar-refractivity contribution in [3.8, 4) is 0 Å². The Morgan fingerprint density at radius 3 is 2.37 bits per heavy atom. The predicted octanol–water partition coefficient (Wildman–Crippen LogP) is 7.39. The molecule has 3 aliphatic carbocycles. The van der Waals surface area contributed by atoms with Gasteiger partial charge in [0.05, 0.1) is 6.10 Å². The minimum absolute atomic E-state index is 0.0416. The number of unbranched alkanes of at least 4 members (excludes halogenated alkanes) is 1. The molecule has 3 rings (SSSR count). The second-order valence-corrected chi connectivity index (χ2v) is 11.1. The van der Waals surface area contributed by atoms with Crippen LogP contribution in [0.25, 0.3) is 0 Å². The van der Waals surface area contributed by atoms with Gasteiger partial charge < -0.3 is 5.11 Å². The maximum absolute atomic E-state index is 10.1. The van der Waals surface area contributed by atoms with Crippen LogP contribution in [0.1, 0.15) is 105 Å². The van der Waals surface area contributed by atoms with Crippen LogP contribution in [-0.4, -0.2) is 11.2 Å². The fourth-order valence-corrected chi connectivity index (χ4v) is 8.01. The Morgan fingerprint density at radius 2 is 1.74 bits per heavy atom. The summed E-state index contributed by atoms with van der Waals surface area (Å²) in [6, 6.07) is 0. The van der Waals surface area contributed by atoms with E-state index in [9.17, 15) is 5.11 Å². The molecule has 0 bridgehead atoms. The van der Waals surface area contributed by atoms with Crippen molar-refractivity contribution < 1.29 is 5.11 Å². The summed E-state index contributed by atoms with van der Waals surface area (Å²) < 4.78 is 0. The van der Waals surface area contributed by atoms with Crippen molar-refractivity contribution in [3.05, 3.63) is 12.7 Å². The average molecular weight is 375 g/mol. The summed E-state index contributed by atoms with van der Waals surface area (Å²) in [6.07, 6.45) is 17.8. The summed E-state index contributed by atoms with van der Waals surface area (Å²) in [7, 11) is 0. The van der Waals surface area contributed by atoms with Crippen molar-refractivity contribution in [3.63, 3.8) is 0 Å². The molecule has 0 aromatic carbocycles. The largest absolute Gasteiger partial charge is 0.393 e. The summed E-state index contributed by atoms with van der Waals surface area (Å²) in [5.41, 5.74) is 1.00. The van der Waals surface area contributed by atoms with E-state index in [1.165, 1.54) is 64.2 Å². The van der Waals surface area contributed by atoms with E-state index < -0.39 is 0 Å². The van der Waals surface area contributed by atoms with Gasteiger partial charge in [0.1, 0.15) is 0 Å². The summed E-state index contributed by atoms with van der Waals surface area (Å²) in [6.45, 7) is 14.3. The summed E-state index contributed by atoms with van der Waals surface area (Å²) >= 11 is 0. The van der Waals surface area contributed by atoms with Gasteiger partial charge in [-0.1, -0.05) is 53.0 Å². The lowest BCUT2D eigenvalue weighted by molar-refractivity contribution is -0.0692. The van der Waals surface area contributed by atoms with Gasteiger partial charge in [-0.2, -0.15) is 0 Å². The van der Waals surface area contributed by atoms with Gasteiger partial charge in [-0.15, -0.1) is 6.58 Å². The van der Waals surface area contributed by atoms with E-state index in [2.05, 4.69) is 40.3 Å². The third kappa shape index (κ3) is 4.05. The van der Waals surface area contributed by atoms with Crippen LogP contribution in [0.2, 0.25) is 0 Å². The van der Waals surface area contributed by atoms with Crippen molar-refractivity contribution in [1.29, 1.82) is 0 Å². The number of hydrogen-bond donors (Lipinski definition) is 1. The lowest BCUT2D eigenvalue weighted by Gasteiger charge is -2.55. The van der Waals surface area contributed by atoms with Crippen LogP contribution < -0.4 is 0 Å². The predicted molar refractivity (Wildman–Crippen MR) is 117 cm³/mol. The van der Waals surface area contributed by atoms with Gasteiger partial charge in [-0.05, 0) is 98.2 Å². The molecule has 0 heterocycles. The Morgan fingerprint density at radius 1 is 1.04 bits per heavy atom. The SMILES string of the molecule is C=CCC1C(C2(C)CCC(O)CC2)CCC2(C)C(C(C)CCCC)CCC12. The van der Waals surface area contributed by atoms with Crippen LogP contribution in [0, 0.1) is 40.4 Å². The Labute approximate surface area is 169 Å². The van der Waals surface area contributed by atoms with Crippen LogP contribution >= 0.6 is 0 Å². The Bertz CT molecular complexity index is 488. The zero-order valence-corrected chi connectivity index (χ0v) is 18.7. The monoisotopic (exact) mass is 374 g/mol. The molecule has 1 N–H and O–H groups in total. The smallest absolute Gasteiger partial charge is 0.0540 e. The Hall–Kier alpha value is -0.300. The maximum Gasteiger partial charge on any atom is 0.0540 e. The molecular weight excluding hydrogens is 328 g/mol. The molecule has 0 saturated heterocycles. The van der Waals surface area contributed by atoms with E-state index in [1.807, 2.05) is 0 Å². The van der Waals surface area contributed by atoms with Gasteiger partial charge in [0.15, 0.2) is 0 Å². The maximum atomic E-state index is 10.1. The van der Waals surface area contributed by atoms with Crippen molar-refractivity contribution in [1.82, 2.24) is 0 Å². The summed E-state index contributed by atoms with van der Waals surface area (Å²) in [4.78, 5) is 0. The molecule has 156 valence electrons. The second kappa shape index (κ2) is 8.60. The number of fused-ring (bicyclic) bond motifs is 1. The molecule has 1 heteroatoms. The van der Waals surface area contributed by atoms with Crippen LogP contribution in [0.3, 0.4) is 0 Å². The number of rotatable bonds is 7. The Balaban J connectivity index is 1.79. The summed E-state index contributed by atoms with van der Waals surface area (Å²) in [5.74, 6) is 4.38. The molecular formula is C26H46O. The minimum Gasteiger partial charge on any atom is -0.393 e. The number of hydrogen-bond acceptors (Lipinski definition) is 1. The van der Waals surface area contributed by atoms with Crippen LogP contribution in [0.15, 0.2) is 12.7 Å². The molecule has 1 nitrogen and oxygen atoms in total. The van der Waals surface area contributed by atoms with Crippen molar-refractivity contribution in [2.24, 2.45) is 40.4 Å². The lowest BCUT2D eigenvalue weighted by Crippen LogP contribution is -2.48. The van der Waals surface area contributed by atoms with E-state index in [4.69, 9.17) is 0 Å². The van der Waals surface area contributed by atoms with Crippen LogP contribution in [-0.2, 0) is 0 Å². The van der Waals surface area contributed by atoms with Crippen LogP contribution in [0.4, 0.5) is 0 Å². The van der Waals surface area contributed by atoms with E-state index in [0.717, 1.165) is 42.4 Å². The molecule has 3 fully saturated rings. The molecule has 0 aromatic heterocycles. The fraction of sp³-hybridized carbons (Fsp3) is 0.923. The van der Waals surface area contributed by atoms with Gasteiger partial charge in [0, 0.05) is 0 Å². The van der Waals surface area contributed by atoms with Gasteiger partial charge >= 0.3 is 0 Å². The lowest BCUT2D eigenvalue weighted by atomic mass is 9.49. The van der Waals surface area contributed by atoms with Crippen molar-refractivity contribution in [2.45, 2.75) is 111 Å². The van der Waals surface area contributed by atoms with E-state index in [1.54, 1.807) is 0 Å². The standard InChI is InChI=1S/C26H46O/c1-6-8-10-19(3)22-11-12-24-21(9-7-2)23(15-18-26(22,24)5)25(4)16-13-20(27)14-17-25/h7,19-24,27H,2,6,8-18H2,1,3-5H3. The van der Waals surface area contributed by atoms with Crippen molar-refractivity contribution in [2.75, 3.05) is 0 Å². The molecule has 0 amide bonds. The highest BCUT2D eigenvalue weighted by molar-refractivity contribution is 5.07. The highest BCUT2D eigenvalue weighted by atomic mass is 16.3. The topological polar surface area (TPSA) is 20.2 Å². The molecule has 3 aliphatic rings. The van der Waals surface area contributed by atoms with Crippen LogP contribution in [0.5, 0.6) is 0 Å². The molecule has 0 aromatic rings. The highest BCUT2D eigenvalue weighted by Crippen LogP contribution is 2.65. The third-order valence-corrected chi connectivity index (χ3v) is 9.64.